The molecular formula is C6H7ClN5+. The zero-order valence-corrected chi connectivity index (χ0v) is 7.11. The maximum absolute atomic E-state index is 5.66. The van der Waals surface area contributed by atoms with Gasteiger partial charge >= 0.3 is 10.9 Å². The van der Waals surface area contributed by atoms with Crippen molar-refractivity contribution in [2.45, 2.75) is 0 Å². The molecule has 0 atom stereocenters. The van der Waals surface area contributed by atoms with Gasteiger partial charge in [0.15, 0.2) is 12.1 Å². The summed E-state index contributed by atoms with van der Waals surface area (Å²) >= 11 is 5.66. The van der Waals surface area contributed by atoms with E-state index in [0.717, 1.165) is 5.52 Å². The first kappa shape index (κ1) is 7.30. The first-order valence-electron chi connectivity index (χ1n) is 3.41. The van der Waals surface area contributed by atoms with Crippen molar-refractivity contribution < 1.29 is 4.98 Å². The molecule has 0 fully saturated rings. The smallest absolute Gasteiger partial charge is 0.306 e. The first-order valence-corrected chi connectivity index (χ1v) is 3.79. The van der Waals surface area contributed by atoms with Crippen molar-refractivity contribution in [1.29, 1.82) is 0 Å². The molecule has 0 aliphatic heterocycles. The van der Waals surface area contributed by atoms with Crippen LogP contribution < -0.4 is 10.3 Å². The Labute approximate surface area is 73.2 Å². The van der Waals surface area contributed by atoms with Gasteiger partial charge in [-0.1, -0.05) is 4.98 Å². The lowest BCUT2D eigenvalue weighted by Gasteiger charge is -1.94. The highest BCUT2D eigenvalue weighted by molar-refractivity contribution is 6.28. The molecule has 0 bridgehead atoms. The summed E-state index contributed by atoms with van der Waals surface area (Å²) < 4.78 is 0. The van der Waals surface area contributed by atoms with Crippen molar-refractivity contribution in [2.75, 3.05) is 12.4 Å². The van der Waals surface area contributed by atoms with Gasteiger partial charge in [0.2, 0.25) is 5.52 Å². The lowest BCUT2D eigenvalue weighted by atomic mass is 10.5. The molecule has 62 valence electrons. The summed E-state index contributed by atoms with van der Waals surface area (Å²) in [5.74, 6) is 0.686. The highest BCUT2D eigenvalue weighted by Crippen LogP contribution is 2.15. The largest absolute Gasteiger partial charge is 0.370 e. The number of nitrogens with zero attached hydrogens (tertiary/aromatic N) is 2. The van der Waals surface area contributed by atoms with E-state index in [9.17, 15) is 0 Å². The molecule has 2 rings (SSSR count). The number of hydrogen-bond acceptors (Lipinski definition) is 3. The van der Waals surface area contributed by atoms with Crippen LogP contribution in [-0.2, 0) is 0 Å². The van der Waals surface area contributed by atoms with E-state index in [1.165, 1.54) is 0 Å². The van der Waals surface area contributed by atoms with Crippen LogP contribution in [0.1, 0.15) is 0 Å². The zero-order valence-electron chi connectivity index (χ0n) is 6.35. The van der Waals surface area contributed by atoms with E-state index < -0.39 is 0 Å². The predicted octanol–water partition coefficient (Wildman–Crippen LogP) is 0.467. The number of nitrogens with one attached hydrogen (secondary N) is 3. The van der Waals surface area contributed by atoms with E-state index in [1.54, 1.807) is 13.4 Å². The Morgan fingerprint density at radius 2 is 2.42 bits per heavy atom. The molecule has 0 aliphatic rings. The minimum atomic E-state index is 0.225. The van der Waals surface area contributed by atoms with Crippen LogP contribution in [0.4, 0.5) is 5.82 Å². The van der Waals surface area contributed by atoms with Crippen molar-refractivity contribution in [3.63, 3.8) is 0 Å². The highest BCUT2D eigenvalue weighted by atomic mass is 35.5. The van der Waals surface area contributed by atoms with Gasteiger partial charge in [0, 0.05) is 7.05 Å². The maximum atomic E-state index is 5.66. The van der Waals surface area contributed by atoms with Crippen molar-refractivity contribution in [3.8, 4) is 0 Å². The Morgan fingerprint density at radius 1 is 1.58 bits per heavy atom. The average molecular weight is 185 g/mol. The van der Waals surface area contributed by atoms with Crippen LogP contribution in [0.2, 0.25) is 5.28 Å². The third-order valence-corrected chi connectivity index (χ3v) is 1.71. The standard InChI is InChI=1S/C6H6ClN5/c1-8-4-3-5(10-2-9-3)12-6(7)11-4/h2H,1H3,(H2,8,9,10,11,12)/p+1. The molecule has 5 nitrogen and oxygen atoms in total. The Hall–Kier alpha value is -1.36. The molecule has 2 aromatic rings. The molecule has 0 amide bonds. The van der Waals surface area contributed by atoms with E-state index in [0.29, 0.717) is 11.5 Å². The number of fused-ring (bicyclic) bond motifs is 1. The number of rotatable bonds is 1. The predicted molar refractivity (Wildman–Crippen MR) is 45.0 cm³/mol. The summed E-state index contributed by atoms with van der Waals surface area (Å²) in [5, 5.41) is 3.13. The minimum absolute atomic E-state index is 0.225. The van der Waals surface area contributed by atoms with Gasteiger partial charge in [0.25, 0.3) is 0 Å². The molecular weight excluding hydrogens is 178 g/mol. The number of aromatic amines is 2. The molecule has 3 N–H and O–H groups in total. The van der Waals surface area contributed by atoms with Gasteiger partial charge < -0.3 is 5.32 Å². The highest BCUT2D eigenvalue weighted by Gasteiger charge is 2.12. The first-order chi connectivity index (χ1) is 5.81. The number of imidazole rings is 1. The summed E-state index contributed by atoms with van der Waals surface area (Å²) in [5.41, 5.74) is 1.52. The lowest BCUT2D eigenvalue weighted by molar-refractivity contribution is -0.347. The molecule has 0 saturated carbocycles. The normalized spacial score (nSPS) is 10.5. The van der Waals surface area contributed by atoms with Gasteiger partial charge in [-0.2, -0.15) is 4.98 Å². The van der Waals surface area contributed by atoms with Crippen LogP contribution in [0.25, 0.3) is 11.2 Å². The molecule has 0 aromatic carbocycles. The summed E-state index contributed by atoms with van der Waals surface area (Å²) in [6.45, 7) is 0. The van der Waals surface area contributed by atoms with Crippen LogP contribution in [0.5, 0.6) is 0 Å². The zero-order chi connectivity index (χ0) is 8.55. The van der Waals surface area contributed by atoms with E-state index in [-0.39, 0.29) is 5.28 Å². The Bertz CT molecular complexity index is 409. The van der Waals surface area contributed by atoms with E-state index >= 15 is 0 Å². The van der Waals surface area contributed by atoms with Gasteiger partial charge in [-0.25, -0.2) is 4.98 Å². The van der Waals surface area contributed by atoms with Crippen molar-refractivity contribution >= 4 is 28.6 Å². The summed E-state index contributed by atoms with van der Waals surface area (Å²) in [6, 6.07) is 0. The topological polar surface area (TPSA) is 67.7 Å². The molecule has 2 heterocycles. The second-order valence-corrected chi connectivity index (χ2v) is 2.59. The fourth-order valence-electron chi connectivity index (χ4n) is 1.03. The number of halogens is 1. The van der Waals surface area contributed by atoms with E-state index in [4.69, 9.17) is 11.6 Å². The Balaban J connectivity index is 2.80. The second kappa shape index (κ2) is 2.60. The van der Waals surface area contributed by atoms with Crippen LogP contribution in [0, 0.1) is 0 Å². The molecule has 12 heavy (non-hydrogen) atoms. The summed E-state index contributed by atoms with van der Waals surface area (Å²) in [4.78, 5) is 13.8. The Morgan fingerprint density at radius 3 is 3.17 bits per heavy atom. The van der Waals surface area contributed by atoms with Gasteiger partial charge in [-0.15, -0.1) is 0 Å². The molecule has 2 aromatic heterocycles. The number of hydrogen-bond donors (Lipinski definition) is 2. The molecule has 0 radical (unpaired) electrons. The monoisotopic (exact) mass is 184 g/mol. The van der Waals surface area contributed by atoms with Crippen LogP contribution in [-0.4, -0.2) is 22.0 Å². The van der Waals surface area contributed by atoms with Crippen LogP contribution in [0.15, 0.2) is 6.33 Å². The quantitative estimate of drug-likeness (QED) is 0.633. The number of anilines is 1. The van der Waals surface area contributed by atoms with Gasteiger partial charge in [-0.3, -0.25) is 4.98 Å². The lowest BCUT2D eigenvalue weighted by Crippen LogP contribution is -2.01. The van der Waals surface area contributed by atoms with E-state index in [2.05, 4.69) is 25.3 Å². The summed E-state index contributed by atoms with van der Waals surface area (Å²) in [6.07, 6.45) is 1.68. The SMILES string of the molecule is CNc1nc(Cl)nc2[nH+]c[nH]c12. The van der Waals surface area contributed by atoms with Gasteiger partial charge in [-0.05, 0) is 11.6 Å². The molecule has 0 spiro atoms. The molecule has 0 aliphatic carbocycles. The third kappa shape index (κ3) is 0.984. The van der Waals surface area contributed by atoms with Gasteiger partial charge in [0.05, 0.1) is 0 Å². The number of H-pyrrole nitrogens is 2. The fourth-order valence-corrected chi connectivity index (χ4v) is 1.20. The van der Waals surface area contributed by atoms with Crippen LogP contribution >= 0.6 is 11.6 Å². The van der Waals surface area contributed by atoms with Crippen molar-refractivity contribution in [1.82, 2.24) is 15.0 Å². The van der Waals surface area contributed by atoms with Crippen molar-refractivity contribution in [2.24, 2.45) is 0 Å². The average Bonchev–Trinajstić information content (AvgIpc) is 2.50. The minimum Gasteiger partial charge on any atom is -0.370 e. The number of aromatic nitrogens is 4. The van der Waals surface area contributed by atoms with Crippen LogP contribution in [0.3, 0.4) is 0 Å². The third-order valence-electron chi connectivity index (χ3n) is 1.54. The molecule has 0 unspecified atom stereocenters. The second-order valence-electron chi connectivity index (χ2n) is 2.25. The Kier molecular flexibility index (Phi) is 1.58. The maximum Gasteiger partial charge on any atom is 0.306 e. The van der Waals surface area contributed by atoms with Gasteiger partial charge in [0.1, 0.15) is 0 Å². The fraction of sp³-hybridized carbons (Fsp3) is 0.167. The molecule has 0 saturated heterocycles. The summed E-state index contributed by atoms with van der Waals surface area (Å²) in [7, 11) is 1.78. The van der Waals surface area contributed by atoms with E-state index in [1.807, 2.05) is 0 Å². The van der Waals surface area contributed by atoms with Crippen molar-refractivity contribution in [3.05, 3.63) is 11.6 Å². The molecule has 6 heteroatoms.